The van der Waals surface area contributed by atoms with E-state index in [-0.39, 0.29) is 23.9 Å². The smallest absolute Gasteiger partial charge is 0.263 e. The van der Waals surface area contributed by atoms with Crippen LogP contribution in [0, 0.1) is 24.2 Å². The van der Waals surface area contributed by atoms with Gasteiger partial charge in [0.2, 0.25) is 5.91 Å². The summed E-state index contributed by atoms with van der Waals surface area (Å²) in [5.74, 6) is -0.450. The summed E-state index contributed by atoms with van der Waals surface area (Å²) in [4.78, 5) is 32.6. The number of aryl methyl sites for hydroxylation is 1. The maximum absolute atomic E-state index is 13.0. The summed E-state index contributed by atoms with van der Waals surface area (Å²) < 4.78 is 1.30. The Morgan fingerprint density at radius 3 is 2.78 bits per heavy atom. The first-order chi connectivity index (χ1) is 12.7. The van der Waals surface area contributed by atoms with E-state index in [1.165, 1.54) is 22.2 Å². The number of carbonyl (C=O) groups excluding carboxylic acids is 1. The molecule has 0 aliphatic heterocycles. The van der Waals surface area contributed by atoms with Crippen LogP contribution in [0.4, 0.5) is 0 Å². The first-order valence-corrected chi connectivity index (χ1v) is 10.2. The van der Waals surface area contributed by atoms with Crippen molar-refractivity contribution in [3.8, 4) is 16.5 Å². The Kier molecular flexibility index (Phi) is 5.18. The summed E-state index contributed by atoms with van der Waals surface area (Å²) in [5.41, 5.74) is -0.384. The second-order valence-corrected chi connectivity index (χ2v) is 9.08. The molecule has 0 bridgehead atoms. The number of aromatic nitrogens is 2. The highest BCUT2D eigenvalue weighted by Gasteiger charge is 2.30. The molecule has 3 aromatic rings. The van der Waals surface area contributed by atoms with Crippen LogP contribution in [0.2, 0.25) is 0 Å². The Balaban J connectivity index is 1.95. The number of amides is 1. The molecule has 140 valence electrons. The van der Waals surface area contributed by atoms with Gasteiger partial charge in [-0.3, -0.25) is 14.2 Å². The molecule has 0 radical (unpaired) electrons. The first kappa shape index (κ1) is 19.3. The summed E-state index contributed by atoms with van der Waals surface area (Å²) >= 11 is 3.03. The quantitative estimate of drug-likeness (QED) is 0.709. The molecule has 3 heterocycles. The highest BCUT2D eigenvalue weighted by molar-refractivity contribution is 7.19. The fraction of sp³-hybridized carbons (Fsp3) is 0.368. The molecule has 0 saturated carbocycles. The van der Waals surface area contributed by atoms with Crippen molar-refractivity contribution in [2.45, 2.75) is 39.8 Å². The van der Waals surface area contributed by atoms with Crippen LogP contribution < -0.4 is 10.9 Å². The van der Waals surface area contributed by atoms with Crippen LogP contribution in [0.25, 0.3) is 20.7 Å². The van der Waals surface area contributed by atoms with Crippen LogP contribution >= 0.6 is 22.7 Å². The maximum atomic E-state index is 13.0. The van der Waals surface area contributed by atoms with Gasteiger partial charge in [0.15, 0.2) is 0 Å². The van der Waals surface area contributed by atoms with Crippen LogP contribution in [0.3, 0.4) is 0 Å². The zero-order valence-electron chi connectivity index (χ0n) is 15.6. The van der Waals surface area contributed by atoms with E-state index in [1.54, 1.807) is 18.3 Å². The van der Waals surface area contributed by atoms with E-state index >= 15 is 0 Å². The van der Waals surface area contributed by atoms with Gasteiger partial charge in [-0.15, -0.1) is 22.7 Å². The molecule has 0 aliphatic rings. The van der Waals surface area contributed by atoms with Gasteiger partial charge in [-0.1, -0.05) is 13.8 Å². The van der Waals surface area contributed by atoms with Gasteiger partial charge in [0, 0.05) is 20.7 Å². The van der Waals surface area contributed by atoms with E-state index in [4.69, 9.17) is 0 Å². The average Bonchev–Trinajstić information content (AvgIpc) is 3.23. The third-order valence-electron chi connectivity index (χ3n) is 4.67. The molecular formula is C19H20N4O2S2. The number of hydrogen-bond donors (Lipinski definition) is 1. The molecule has 0 fully saturated rings. The Morgan fingerprint density at radius 2 is 2.19 bits per heavy atom. The molecular weight excluding hydrogens is 380 g/mol. The summed E-state index contributed by atoms with van der Waals surface area (Å²) in [5, 5.41) is 14.5. The van der Waals surface area contributed by atoms with Crippen molar-refractivity contribution in [2.24, 2.45) is 5.92 Å². The van der Waals surface area contributed by atoms with Gasteiger partial charge in [-0.05, 0) is 31.9 Å². The monoisotopic (exact) mass is 400 g/mol. The third kappa shape index (κ3) is 3.66. The lowest BCUT2D eigenvalue weighted by Gasteiger charge is -2.27. The lowest BCUT2D eigenvalue weighted by molar-refractivity contribution is -0.123. The predicted molar refractivity (Wildman–Crippen MR) is 109 cm³/mol. The number of carbonyl (C=O) groups is 1. The molecule has 0 unspecified atom stereocenters. The SMILES string of the molecule is Cc1ccc(-c2csc3ncn(CC(=O)N[C@](C)(C#N)C(C)C)c(=O)c23)s1. The van der Waals surface area contributed by atoms with E-state index < -0.39 is 5.54 Å². The molecule has 3 rings (SSSR count). The van der Waals surface area contributed by atoms with Crippen molar-refractivity contribution in [3.63, 3.8) is 0 Å². The number of nitrogens with one attached hydrogen (secondary N) is 1. The Hall–Kier alpha value is -2.50. The molecule has 8 heteroatoms. The number of rotatable bonds is 5. The van der Waals surface area contributed by atoms with Crippen LogP contribution in [0.1, 0.15) is 25.6 Å². The molecule has 0 aliphatic carbocycles. The van der Waals surface area contributed by atoms with Crippen LogP contribution in [0.5, 0.6) is 0 Å². The highest BCUT2D eigenvalue weighted by atomic mass is 32.1. The molecule has 3 aromatic heterocycles. The average molecular weight is 401 g/mol. The van der Waals surface area contributed by atoms with E-state index in [1.807, 2.05) is 38.3 Å². The van der Waals surface area contributed by atoms with Crippen LogP contribution in [0.15, 0.2) is 28.6 Å². The van der Waals surface area contributed by atoms with E-state index in [0.29, 0.717) is 10.2 Å². The maximum Gasteiger partial charge on any atom is 0.263 e. The number of nitrogens with zero attached hydrogens (tertiary/aromatic N) is 3. The summed E-state index contributed by atoms with van der Waals surface area (Å²) in [6.45, 7) is 7.25. The number of nitriles is 1. The lowest BCUT2D eigenvalue weighted by Crippen LogP contribution is -2.50. The zero-order chi connectivity index (χ0) is 19.8. The van der Waals surface area contributed by atoms with E-state index in [0.717, 1.165) is 15.3 Å². The van der Waals surface area contributed by atoms with Gasteiger partial charge in [0.25, 0.3) is 5.56 Å². The molecule has 0 spiro atoms. The van der Waals surface area contributed by atoms with Gasteiger partial charge in [0.05, 0.1) is 17.8 Å². The number of thiophene rings is 2. The Bertz CT molecular complexity index is 1100. The lowest BCUT2D eigenvalue weighted by atomic mass is 9.90. The fourth-order valence-electron chi connectivity index (χ4n) is 2.63. The second-order valence-electron chi connectivity index (χ2n) is 6.93. The van der Waals surface area contributed by atoms with E-state index in [2.05, 4.69) is 16.4 Å². The predicted octanol–water partition coefficient (Wildman–Crippen LogP) is 3.55. The van der Waals surface area contributed by atoms with Crippen molar-refractivity contribution in [1.82, 2.24) is 14.9 Å². The third-order valence-corrected chi connectivity index (χ3v) is 6.59. The van der Waals surface area contributed by atoms with E-state index in [9.17, 15) is 14.9 Å². The van der Waals surface area contributed by atoms with Crippen molar-refractivity contribution in [2.75, 3.05) is 0 Å². The highest BCUT2D eigenvalue weighted by Crippen LogP contribution is 2.34. The normalized spacial score (nSPS) is 13.5. The summed E-state index contributed by atoms with van der Waals surface area (Å²) in [7, 11) is 0. The number of hydrogen-bond acceptors (Lipinski definition) is 6. The van der Waals surface area contributed by atoms with Crippen molar-refractivity contribution in [1.29, 1.82) is 5.26 Å². The summed E-state index contributed by atoms with van der Waals surface area (Å²) in [6, 6.07) is 6.14. The van der Waals surface area contributed by atoms with Crippen LogP contribution in [-0.2, 0) is 11.3 Å². The second kappa shape index (κ2) is 7.25. The minimum atomic E-state index is -0.986. The molecule has 0 saturated heterocycles. The van der Waals surface area contributed by atoms with Gasteiger partial charge >= 0.3 is 0 Å². The molecule has 6 nitrogen and oxygen atoms in total. The fourth-order valence-corrected chi connectivity index (χ4v) is 4.49. The first-order valence-electron chi connectivity index (χ1n) is 8.51. The van der Waals surface area contributed by atoms with Gasteiger partial charge in [0.1, 0.15) is 16.9 Å². The van der Waals surface area contributed by atoms with Crippen molar-refractivity contribution in [3.05, 3.63) is 39.1 Å². The molecule has 0 aromatic carbocycles. The topological polar surface area (TPSA) is 87.8 Å². The molecule has 1 N–H and O–H groups in total. The van der Waals surface area contributed by atoms with Gasteiger partial charge in [-0.2, -0.15) is 5.26 Å². The van der Waals surface area contributed by atoms with Crippen molar-refractivity contribution >= 4 is 38.8 Å². The Labute approximate surface area is 165 Å². The zero-order valence-corrected chi connectivity index (χ0v) is 17.2. The van der Waals surface area contributed by atoms with Gasteiger partial charge in [-0.25, -0.2) is 4.98 Å². The number of fused-ring (bicyclic) bond motifs is 1. The standard InChI is InChI=1S/C19H20N4O2S2/c1-11(2)19(4,9-20)22-15(24)7-23-10-21-17-16(18(23)25)13(8-26-17)14-6-5-12(3)27-14/h5-6,8,10-11H,7H2,1-4H3,(H,22,24)/t19-/m1/s1. The van der Waals surface area contributed by atoms with Gasteiger partial charge < -0.3 is 5.32 Å². The van der Waals surface area contributed by atoms with Crippen molar-refractivity contribution < 1.29 is 4.79 Å². The largest absolute Gasteiger partial charge is 0.336 e. The molecule has 1 atom stereocenters. The van der Waals surface area contributed by atoms with Crippen LogP contribution in [-0.4, -0.2) is 21.0 Å². The minimum absolute atomic E-state index is 0.0608. The molecule has 1 amide bonds. The summed E-state index contributed by atoms with van der Waals surface area (Å²) in [6.07, 6.45) is 1.39. The molecule has 27 heavy (non-hydrogen) atoms. The minimum Gasteiger partial charge on any atom is -0.336 e. The Morgan fingerprint density at radius 1 is 1.44 bits per heavy atom.